The predicted molar refractivity (Wildman–Crippen MR) is 64.0 cm³/mol. The molecule has 0 aliphatic carbocycles. The molecule has 0 bridgehead atoms. The van der Waals surface area contributed by atoms with Crippen LogP contribution in [0.2, 0.25) is 0 Å². The Balaban J connectivity index is 2.80. The molecule has 0 aromatic carbocycles. The molecule has 3 heteroatoms. The number of carbonyl (C=O) groups excluding carboxylic acids is 1. The fourth-order valence-corrected chi connectivity index (χ4v) is 1.98. The first-order valence-electron chi connectivity index (χ1n) is 5.64. The Morgan fingerprint density at radius 1 is 1.50 bits per heavy atom. The topological polar surface area (TPSA) is 34.4 Å². The molecule has 0 unspecified atom stereocenters. The highest BCUT2D eigenvalue weighted by molar-refractivity contribution is 5.77. The Kier molecular flexibility index (Phi) is 2.77. The van der Waals surface area contributed by atoms with E-state index in [4.69, 9.17) is 0 Å². The molecule has 0 amide bonds. The third-order valence-electron chi connectivity index (χ3n) is 2.84. The summed E-state index contributed by atoms with van der Waals surface area (Å²) in [7, 11) is 0. The molecular formula is C13H16N2O. The van der Waals surface area contributed by atoms with E-state index in [1.165, 1.54) is 5.56 Å². The van der Waals surface area contributed by atoms with Crippen LogP contribution in [0.5, 0.6) is 0 Å². The zero-order valence-corrected chi connectivity index (χ0v) is 9.90. The fraction of sp³-hybridized carbons (Fsp3) is 0.385. The van der Waals surface area contributed by atoms with Gasteiger partial charge >= 0.3 is 0 Å². The number of nitrogens with zero attached hydrogens (tertiary/aromatic N) is 2. The number of rotatable bonds is 3. The number of fused-ring (bicyclic) bond motifs is 1. The van der Waals surface area contributed by atoms with Crippen LogP contribution >= 0.6 is 0 Å². The molecule has 0 fully saturated rings. The van der Waals surface area contributed by atoms with Crippen molar-refractivity contribution in [3.63, 3.8) is 0 Å². The molecular weight excluding hydrogens is 200 g/mol. The maximum Gasteiger partial charge on any atom is 0.168 e. The molecule has 0 saturated carbocycles. The number of imidazole rings is 1. The zero-order chi connectivity index (χ0) is 11.7. The molecule has 0 N–H and O–H groups in total. The highest BCUT2D eigenvalue weighted by atomic mass is 16.1. The summed E-state index contributed by atoms with van der Waals surface area (Å²) in [6.45, 7) is 6.21. The first-order valence-corrected chi connectivity index (χ1v) is 5.64. The number of aryl methyl sites for hydroxylation is 1. The Morgan fingerprint density at radius 2 is 2.25 bits per heavy atom. The smallest absolute Gasteiger partial charge is 0.168 e. The third-order valence-corrected chi connectivity index (χ3v) is 2.84. The van der Waals surface area contributed by atoms with Crippen LogP contribution in [0.3, 0.4) is 0 Å². The van der Waals surface area contributed by atoms with Gasteiger partial charge in [-0.25, -0.2) is 4.98 Å². The normalized spacial score (nSPS) is 11.2. The summed E-state index contributed by atoms with van der Waals surface area (Å²) in [6, 6.07) is 4.02. The summed E-state index contributed by atoms with van der Waals surface area (Å²) >= 11 is 0. The van der Waals surface area contributed by atoms with Gasteiger partial charge in [0.05, 0.1) is 5.69 Å². The average Bonchev–Trinajstić information content (AvgIpc) is 2.67. The lowest BCUT2D eigenvalue weighted by molar-refractivity contribution is 0.111. The first-order chi connectivity index (χ1) is 7.69. The van der Waals surface area contributed by atoms with Crippen LogP contribution in [-0.4, -0.2) is 15.7 Å². The van der Waals surface area contributed by atoms with Gasteiger partial charge in [0.2, 0.25) is 0 Å². The summed E-state index contributed by atoms with van der Waals surface area (Å²) < 4.78 is 1.89. The molecule has 2 aromatic heterocycles. The second kappa shape index (κ2) is 4.08. The molecule has 0 radical (unpaired) electrons. The van der Waals surface area contributed by atoms with Crippen molar-refractivity contribution in [3.05, 3.63) is 35.3 Å². The van der Waals surface area contributed by atoms with Crippen LogP contribution < -0.4 is 0 Å². The van der Waals surface area contributed by atoms with E-state index < -0.39 is 0 Å². The van der Waals surface area contributed by atoms with Crippen LogP contribution in [-0.2, 0) is 6.42 Å². The second-order valence-corrected chi connectivity index (χ2v) is 4.24. The van der Waals surface area contributed by atoms with E-state index in [9.17, 15) is 4.79 Å². The lowest BCUT2D eigenvalue weighted by Gasteiger charge is -2.00. The van der Waals surface area contributed by atoms with E-state index in [1.807, 2.05) is 16.7 Å². The van der Waals surface area contributed by atoms with Gasteiger partial charge in [-0.1, -0.05) is 26.8 Å². The number of aldehydes is 1. The van der Waals surface area contributed by atoms with Crippen LogP contribution in [0.4, 0.5) is 0 Å². The Hall–Kier alpha value is -1.64. The van der Waals surface area contributed by atoms with Crippen molar-refractivity contribution in [2.24, 2.45) is 0 Å². The number of hydrogen-bond acceptors (Lipinski definition) is 2. The monoisotopic (exact) mass is 216 g/mol. The van der Waals surface area contributed by atoms with E-state index in [0.29, 0.717) is 5.69 Å². The molecule has 0 atom stereocenters. The third kappa shape index (κ3) is 1.52. The highest BCUT2D eigenvalue weighted by Crippen LogP contribution is 2.21. The summed E-state index contributed by atoms with van der Waals surface area (Å²) in [4.78, 5) is 15.7. The van der Waals surface area contributed by atoms with Crippen molar-refractivity contribution >= 4 is 11.9 Å². The predicted octanol–water partition coefficient (Wildman–Crippen LogP) is 2.83. The van der Waals surface area contributed by atoms with Crippen LogP contribution in [0, 0.1) is 0 Å². The summed E-state index contributed by atoms with van der Waals surface area (Å²) in [5.41, 5.74) is 3.66. The average molecular weight is 216 g/mol. The van der Waals surface area contributed by atoms with Crippen molar-refractivity contribution in [1.82, 2.24) is 9.38 Å². The number of carbonyl (C=O) groups is 1. The van der Waals surface area contributed by atoms with Gasteiger partial charge < -0.3 is 0 Å². The molecule has 3 nitrogen and oxygen atoms in total. The standard InChI is InChI=1S/C13H16N2O/c1-4-10-6-5-7-15-11(8-16)12(9(2)3)14-13(10)15/h5-9H,4H2,1-3H3. The number of hydrogen-bond donors (Lipinski definition) is 0. The minimum Gasteiger partial charge on any atom is -0.297 e. The Bertz CT molecular complexity index is 526. The van der Waals surface area contributed by atoms with Crippen LogP contribution in [0.1, 0.15) is 48.4 Å². The molecule has 0 aliphatic heterocycles. The first kappa shape index (κ1) is 10.9. The molecule has 0 spiro atoms. The van der Waals surface area contributed by atoms with Gasteiger partial charge in [-0.2, -0.15) is 0 Å². The Morgan fingerprint density at radius 3 is 2.81 bits per heavy atom. The van der Waals surface area contributed by atoms with E-state index in [0.717, 1.165) is 24.0 Å². The van der Waals surface area contributed by atoms with Crippen molar-refractivity contribution in [3.8, 4) is 0 Å². The quantitative estimate of drug-likeness (QED) is 0.739. The molecule has 0 aliphatic rings. The van der Waals surface area contributed by atoms with Crippen LogP contribution in [0.25, 0.3) is 5.65 Å². The van der Waals surface area contributed by atoms with Crippen molar-refractivity contribution in [2.45, 2.75) is 33.1 Å². The van der Waals surface area contributed by atoms with Gasteiger partial charge in [0.1, 0.15) is 11.3 Å². The lowest BCUT2D eigenvalue weighted by Crippen LogP contribution is -1.96. The maximum absolute atomic E-state index is 11.1. The zero-order valence-electron chi connectivity index (χ0n) is 9.90. The van der Waals surface area contributed by atoms with E-state index in [-0.39, 0.29) is 5.92 Å². The minimum atomic E-state index is 0.268. The summed E-state index contributed by atoms with van der Waals surface area (Å²) in [5.74, 6) is 0.268. The van der Waals surface area contributed by atoms with Gasteiger partial charge in [0.25, 0.3) is 0 Å². The molecule has 84 valence electrons. The Labute approximate surface area is 95.1 Å². The van der Waals surface area contributed by atoms with Crippen molar-refractivity contribution in [1.29, 1.82) is 0 Å². The van der Waals surface area contributed by atoms with E-state index in [2.05, 4.69) is 31.8 Å². The molecule has 2 aromatic rings. The van der Waals surface area contributed by atoms with E-state index in [1.54, 1.807) is 0 Å². The minimum absolute atomic E-state index is 0.268. The number of aromatic nitrogens is 2. The maximum atomic E-state index is 11.1. The number of pyridine rings is 1. The SMILES string of the molecule is CCc1cccn2c(C=O)c(C(C)C)nc12. The van der Waals surface area contributed by atoms with Crippen molar-refractivity contribution in [2.75, 3.05) is 0 Å². The van der Waals surface area contributed by atoms with E-state index >= 15 is 0 Å². The van der Waals surface area contributed by atoms with Gasteiger partial charge in [0.15, 0.2) is 6.29 Å². The molecule has 2 rings (SSSR count). The second-order valence-electron chi connectivity index (χ2n) is 4.24. The van der Waals surface area contributed by atoms with Gasteiger partial charge in [-0.05, 0) is 24.0 Å². The van der Waals surface area contributed by atoms with Gasteiger partial charge in [0, 0.05) is 6.20 Å². The molecule has 2 heterocycles. The van der Waals surface area contributed by atoms with Crippen molar-refractivity contribution < 1.29 is 4.79 Å². The largest absolute Gasteiger partial charge is 0.297 e. The molecule has 16 heavy (non-hydrogen) atoms. The summed E-state index contributed by atoms with van der Waals surface area (Å²) in [6.07, 6.45) is 3.73. The van der Waals surface area contributed by atoms with Gasteiger partial charge in [-0.3, -0.25) is 9.20 Å². The fourth-order valence-electron chi connectivity index (χ4n) is 1.98. The van der Waals surface area contributed by atoms with Crippen LogP contribution in [0.15, 0.2) is 18.3 Å². The van der Waals surface area contributed by atoms with Gasteiger partial charge in [-0.15, -0.1) is 0 Å². The molecule has 0 saturated heterocycles. The lowest BCUT2D eigenvalue weighted by atomic mass is 10.1. The summed E-state index contributed by atoms with van der Waals surface area (Å²) in [5, 5.41) is 0. The highest BCUT2D eigenvalue weighted by Gasteiger charge is 2.15.